The summed E-state index contributed by atoms with van der Waals surface area (Å²) in [6, 6.07) is 5.84. The van der Waals surface area contributed by atoms with Crippen molar-refractivity contribution >= 4 is 22.9 Å². The lowest BCUT2D eigenvalue weighted by molar-refractivity contribution is 0.0303. The summed E-state index contributed by atoms with van der Waals surface area (Å²) in [5.41, 5.74) is 3.87. The standard InChI is InChI=1S/C18H23N3O2S/c1-3-17-20-15(12-24-17)11-19-16-10-14(5-4-13(16)2)18(22)21-6-8-23-9-7-21/h4-5,10,12,19H,3,6-9,11H2,1-2H3. The zero-order valence-corrected chi connectivity index (χ0v) is 15.0. The van der Waals surface area contributed by atoms with Gasteiger partial charge in [-0.05, 0) is 31.0 Å². The minimum absolute atomic E-state index is 0.0725. The summed E-state index contributed by atoms with van der Waals surface area (Å²) in [5, 5.41) is 6.65. The molecule has 1 aliphatic rings. The topological polar surface area (TPSA) is 54.5 Å². The molecule has 5 nitrogen and oxygen atoms in total. The van der Waals surface area contributed by atoms with Crippen molar-refractivity contribution in [2.75, 3.05) is 31.6 Å². The molecule has 1 saturated heterocycles. The van der Waals surface area contributed by atoms with Crippen LogP contribution in [0.25, 0.3) is 0 Å². The Balaban J connectivity index is 1.69. The number of carbonyl (C=O) groups excluding carboxylic acids is 1. The summed E-state index contributed by atoms with van der Waals surface area (Å²) >= 11 is 1.69. The summed E-state index contributed by atoms with van der Waals surface area (Å²) in [5.74, 6) is 0.0725. The van der Waals surface area contributed by atoms with E-state index >= 15 is 0 Å². The zero-order chi connectivity index (χ0) is 16.9. The van der Waals surface area contributed by atoms with Gasteiger partial charge in [0, 0.05) is 29.7 Å². The second-order valence-electron chi connectivity index (χ2n) is 5.87. The number of amides is 1. The quantitative estimate of drug-likeness (QED) is 0.905. The van der Waals surface area contributed by atoms with E-state index in [9.17, 15) is 4.79 Å². The number of hydrogen-bond acceptors (Lipinski definition) is 5. The molecule has 1 aromatic heterocycles. The number of carbonyl (C=O) groups is 1. The van der Waals surface area contributed by atoms with E-state index in [1.54, 1.807) is 11.3 Å². The number of rotatable bonds is 5. The summed E-state index contributed by atoms with van der Waals surface area (Å²) in [6.07, 6.45) is 0.966. The van der Waals surface area contributed by atoms with Gasteiger partial charge in [-0.15, -0.1) is 11.3 Å². The van der Waals surface area contributed by atoms with Gasteiger partial charge in [-0.25, -0.2) is 4.98 Å². The fraction of sp³-hybridized carbons (Fsp3) is 0.444. The molecule has 24 heavy (non-hydrogen) atoms. The first kappa shape index (κ1) is 16.9. The molecule has 0 atom stereocenters. The number of aryl methyl sites for hydroxylation is 2. The van der Waals surface area contributed by atoms with E-state index in [2.05, 4.69) is 22.6 Å². The lowest BCUT2D eigenvalue weighted by Crippen LogP contribution is -2.40. The lowest BCUT2D eigenvalue weighted by atomic mass is 10.1. The van der Waals surface area contributed by atoms with Gasteiger partial charge < -0.3 is 15.0 Å². The Morgan fingerprint density at radius 2 is 2.17 bits per heavy atom. The fourth-order valence-electron chi connectivity index (χ4n) is 2.67. The minimum Gasteiger partial charge on any atom is -0.379 e. The van der Waals surface area contributed by atoms with E-state index in [0.29, 0.717) is 32.8 Å². The maximum Gasteiger partial charge on any atom is 0.254 e. The van der Waals surface area contributed by atoms with E-state index in [-0.39, 0.29) is 5.91 Å². The van der Waals surface area contributed by atoms with Crippen LogP contribution in [0.4, 0.5) is 5.69 Å². The van der Waals surface area contributed by atoms with E-state index in [0.717, 1.165) is 33.9 Å². The van der Waals surface area contributed by atoms with Crippen molar-refractivity contribution in [1.29, 1.82) is 0 Å². The van der Waals surface area contributed by atoms with Crippen LogP contribution in [0.3, 0.4) is 0 Å². The van der Waals surface area contributed by atoms with E-state index < -0.39 is 0 Å². The second kappa shape index (κ2) is 7.77. The monoisotopic (exact) mass is 345 g/mol. The molecule has 0 saturated carbocycles. The molecule has 2 aromatic rings. The van der Waals surface area contributed by atoms with Crippen molar-refractivity contribution in [2.24, 2.45) is 0 Å². The van der Waals surface area contributed by atoms with Crippen LogP contribution in [0.15, 0.2) is 23.6 Å². The first-order valence-electron chi connectivity index (χ1n) is 8.32. The summed E-state index contributed by atoms with van der Waals surface area (Å²) < 4.78 is 5.32. The number of hydrogen-bond donors (Lipinski definition) is 1. The molecular formula is C18H23N3O2S. The van der Waals surface area contributed by atoms with Crippen LogP contribution in [0.1, 0.15) is 33.5 Å². The normalized spacial score (nSPS) is 14.7. The number of ether oxygens (including phenoxy) is 1. The van der Waals surface area contributed by atoms with Crippen molar-refractivity contribution in [1.82, 2.24) is 9.88 Å². The number of morpholine rings is 1. The van der Waals surface area contributed by atoms with Gasteiger partial charge in [-0.2, -0.15) is 0 Å². The minimum atomic E-state index is 0.0725. The third-order valence-corrected chi connectivity index (χ3v) is 5.19. The molecule has 0 aliphatic carbocycles. The van der Waals surface area contributed by atoms with Crippen LogP contribution in [-0.4, -0.2) is 42.1 Å². The molecule has 0 unspecified atom stereocenters. The Hall–Kier alpha value is -1.92. The van der Waals surface area contributed by atoms with Gasteiger partial charge in [0.2, 0.25) is 0 Å². The predicted octanol–water partition coefficient (Wildman–Crippen LogP) is 3.10. The van der Waals surface area contributed by atoms with E-state index in [1.807, 2.05) is 30.0 Å². The molecule has 0 radical (unpaired) electrons. The van der Waals surface area contributed by atoms with Crippen LogP contribution < -0.4 is 5.32 Å². The van der Waals surface area contributed by atoms with Crippen LogP contribution in [-0.2, 0) is 17.7 Å². The summed E-state index contributed by atoms with van der Waals surface area (Å²) in [7, 11) is 0. The predicted molar refractivity (Wildman–Crippen MR) is 96.7 cm³/mol. The molecule has 3 rings (SSSR count). The Bertz CT molecular complexity index is 708. The SMILES string of the molecule is CCc1nc(CNc2cc(C(=O)N3CCOCC3)ccc2C)cs1. The van der Waals surface area contributed by atoms with E-state index in [4.69, 9.17) is 4.74 Å². The molecule has 6 heteroatoms. The largest absolute Gasteiger partial charge is 0.379 e. The Kier molecular flexibility index (Phi) is 5.48. The molecule has 128 valence electrons. The summed E-state index contributed by atoms with van der Waals surface area (Å²) in [6.45, 7) is 7.39. The number of nitrogens with zero attached hydrogens (tertiary/aromatic N) is 2. The van der Waals surface area contributed by atoms with Gasteiger partial charge in [0.25, 0.3) is 5.91 Å². The molecule has 1 fully saturated rings. The molecular weight excluding hydrogens is 322 g/mol. The number of aromatic nitrogens is 1. The van der Waals surface area contributed by atoms with Gasteiger partial charge >= 0.3 is 0 Å². The van der Waals surface area contributed by atoms with Gasteiger partial charge in [0.05, 0.1) is 30.5 Å². The average molecular weight is 345 g/mol. The first-order chi connectivity index (χ1) is 11.7. The second-order valence-corrected chi connectivity index (χ2v) is 6.82. The number of anilines is 1. The van der Waals surface area contributed by atoms with Gasteiger partial charge in [0.1, 0.15) is 0 Å². The maximum atomic E-state index is 12.6. The highest BCUT2D eigenvalue weighted by atomic mass is 32.1. The zero-order valence-electron chi connectivity index (χ0n) is 14.2. The van der Waals surface area contributed by atoms with Gasteiger partial charge in [-0.3, -0.25) is 4.79 Å². The molecule has 0 bridgehead atoms. The molecule has 1 aliphatic heterocycles. The third-order valence-electron chi connectivity index (χ3n) is 4.14. The number of benzene rings is 1. The van der Waals surface area contributed by atoms with Crippen LogP contribution in [0.5, 0.6) is 0 Å². The molecule has 0 spiro atoms. The maximum absolute atomic E-state index is 12.6. The molecule has 1 N–H and O–H groups in total. The Morgan fingerprint density at radius 1 is 1.38 bits per heavy atom. The Morgan fingerprint density at radius 3 is 2.88 bits per heavy atom. The van der Waals surface area contributed by atoms with Crippen molar-refractivity contribution in [3.8, 4) is 0 Å². The van der Waals surface area contributed by atoms with E-state index in [1.165, 1.54) is 0 Å². The Labute approximate surface area is 146 Å². The third kappa shape index (κ3) is 3.94. The number of thiazole rings is 1. The number of nitrogens with one attached hydrogen (secondary N) is 1. The molecule has 1 amide bonds. The molecule has 1 aromatic carbocycles. The average Bonchev–Trinajstić information content (AvgIpc) is 3.09. The highest BCUT2D eigenvalue weighted by Crippen LogP contribution is 2.20. The van der Waals surface area contributed by atoms with Crippen LogP contribution in [0, 0.1) is 6.92 Å². The lowest BCUT2D eigenvalue weighted by Gasteiger charge is -2.27. The first-order valence-corrected chi connectivity index (χ1v) is 9.20. The molecule has 2 heterocycles. The summed E-state index contributed by atoms with van der Waals surface area (Å²) in [4.78, 5) is 19.0. The van der Waals surface area contributed by atoms with Gasteiger partial charge in [0.15, 0.2) is 0 Å². The van der Waals surface area contributed by atoms with Crippen LogP contribution >= 0.6 is 11.3 Å². The van der Waals surface area contributed by atoms with Crippen molar-refractivity contribution in [3.05, 3.63) is 45.4 Å². The highest BCUT2D eigenvalue weighted by molar-refractivity contribution is 7.09. The van der Waals surface area contributed by atoms with Gasteiger partial charge in [-0.1, -0.05) is 13.0 Å². The van der Waals surface area contributed by atoms with Crippen molar-refractivity contribution in [3.63, 3.8) is 0 Å². The fourth-order valence-corrected chi connectivity index (χ4v) is 3.42. The smallest absolute Gasteiger partial charge is 0.254 e. The van der Waals surface area contributed by atoms with Crippen molar-refractivity contribution < 1.29 is 9.53 Å². The van der Waals surface area contributed by atoms with Crippen molar-refractivity contribution in [2.45, 2.75) is 26.8 Å². The highest BCUT2D eigenvalue weighted by Gasteiger charge is 2.19. The van der Waals surface area contributed by atoms with Crippen LogP contribution in [0.2, 0.25) is 0 Å².